The molecule has 0 amide bonds. The van der Waals surface area contributed by atoms with Gasteiger partial charge >= 0.3 is 0 Å². The van der Waals surface area contributed by atoms with E-state index in [9.17, 15) is 0 Å². The smallest absolute Gasteiger partial charge is 0.199 e. The highest BCUT2D eigenvalue weighted by molar-refractivity contribution is 7.71. The Hall–Kier alpha value is -2.64. The van der Waals surface area contributed by atoms with E-state index in [0.717, 1.165) is 46.3 Å². The quantitative estimate of drug-likeness (QED) is 0.455. The summed E-state index contributed by atoms with van der Waals surface area (Å²) >= 11 is 5.72. The third kappa shape index (κ3) is 4.74. The van der Waals surface area contributed by atoms with Crippen LogP contribution < -0.4 is 9.47 Å². The van der Waals surface area contributed by atoms with Crippen molar-refractivity contribution >= 4 is 12.2 Å². The molecule has 0 radical (unpaired) electrons. The molecule has 0 saturated carbocycles. The van der Waals surface area contributed by atoms with E-state index in [1.54, 1.807) is 7.11 Å². The average Bonchev–Trinajstić information content (AvgIpc) is 3.04. The van der Waals surface area contributed by atoms with Gasteiger partial charge in [0.1, 0.15) is 0 Å². The van der Waals surface area contributed by atoms with Crippen LogP contribution in [0.3, 0.4) is 0 Å². The Labute approximate surface area is 183 Å². The summed E-state index contributed by atoms with van der Waals surface area (Å²) in [5.41, 5.74) is 3.44. The predicted molar refractivity (Wildman–Crippen MR) is 123 cm³/mol. The number of aromatic nitrogens is 3. The highest BCUT2D eigenvalue weighted by Gasteiger charge is 2.15. The number of hydrogen-bond donors (Lipinski definition) is 0. The number of methoxy groups -OCH3 is 1. The topological polar surface area (TPSA) is 44.5 Å². The van der Waals surface area contributed by atoms with Gasteiger partial charge in [0.15, 0.2) is 22.1 Å². The molecule has 0 aliphatic carbocycles. The van der Waals surface area contributed by atoms with Gasteiger partial charge in [0.05, 0.1) is 20.4 Å². The summed E-state index contributed by atoms with van der Waals surface area (Å²) in [7, 11) is 3.72. The summed E-state index contributed by atoms with van der Waals surface area (Å²) in [6.07, 6.45) is 0. The van der Waals surface area contributed by atoms with E-state index in [1.165, 1.54) is 5.56 Å². The Balaban J connectivity index is 1.81. The lowest BCUT2D eigenvalue weighted by atomic mass is 10.1. The molecule has 3 rings (SSSR count). The number of nitrogens with zero attached hydrogens (tertiary/aromatic N) is 4. The lowest BCUT2D eigenvalue weighted by molar-refractivity contribution is 0.243. The Bertz CT molecular complexity index is 1060. The van der Waals surface area contributed by atoms with Crippen LogP contribution in [0.4, 0.5) is 0 Å². The van der Waals surface area contributed by atoms with Crippen LogP contribution in [0.5, 0.6) is 11.5 Å². The molecule has 160 valence electrons. The molecule has 3 aromatic rings. The van der Waals surface area contributed by atoms with Gasteiger partial charge in [-0.05, 0) is 63.3 Å². The third-order valence-electron chi connectivity index (χ3n) is 4.98. The second-order valence-corrected chi connectivity index (χ2v) is 7.60. The summed E-state index contributed by atoms with van der Waals surface area (Å²) in [6.45, 7) is 8.89. The van der Waals surface area contributed by atoms with Crippen molar-refractivity contribution in [1.29, 1.82) is 0 Å². The Morgan fingerprint density at radius 1 is 1.10 bits per heavy atom. The highest BCUT2D eigenvalue weighted by atomic mass is 32.1. The van der Waals surface area contributed by atoms with Gasteiger partial charge in [-0.3, -0.25) is 4.90 Å². The Kier molecular flexibility index (Phi) is 7.29. The summed E-state index contributed by atoms with van der Waals surface area (Å²) in [6, 6.07) is 14.3. The number of benzene rings is 2. The molecule has 7 heteroatoms. The molecule has 1 aromatic heterocycles. The van der Waals surface area contributed by atoms with E-state index >= 15 is 0 Å². The van der Waals surface area contributed by atoms with Crippen molar-refractivity contribution < 1.29 is 9.47 Å². The number of aryl methyl sites for hydroxylation is 1. The molecule has 0 bridgehead atoms. The molecule has 0 atom stereocenters. The van der Waals surface area contributed by atoms with Gasteiger partial charge in [-0.1, -0.05) is 30.3 Å². The maximum atomic E-state index is 5.72. The SMILES string of the molecule is CCOc1ccc(CN(C)Cn2nc(-c3ccccc3C)n(CC)c2=S)cc1OC. The van der Waals surface area contributed by atoms with Gasteiger partial charge in [-0.25, -0.2) is 4.68 Å². The average molecular weight is 427 g/mol. The molecule has 1 heterocycles. The van der Waals surface area contributed by atoms with Crippen molar-refractivity contribution in [2.75, 3.05) is 20.8 Å². The van der Waals surface area contributed by atoms with E-state index in [-0.39, 0.29) is 0 Å². The van der Waals surface area contributed by atoms with Crippen molar-refractivity contribution in [3.8, 4) is 22.9 Å². The van der Waals surface area contributed by atoms with Crippen LogP contribution in [-0.4, -0.2) is 40.0 Å². The molecule has 0 aliphatic rings. The Morgan fingerprint density at radius 2 is 1.87 bits per heavy atom. The second kappa shape index (κ2) is 9.91. The molecule has 0 fully saturated rings. The largest absolute Gasteiger partial charge is 0.493 e. The second-order valence-electron chi connectivity index (χ2n) is 7.24. The van der Waals surface area contributed by atoms with Gasteiger partial charge in [0, 0.05) is 18.7 Å². The van der Waals surface area contributed by atoms with Crippen LogP contribution in [0.2, 0.25) is 0 Å². The minimum Gasteiger partial charge on any atom is -0.493 e. The van der Waals surface area contributed by atoms with Gasteiger partial charge in [-0.15, -0.1) is 0 Å². The van der Waals surface area contributed by atoms with Crippen LogP contribution in [0, 0.1) is 11.7 Å². The van der Waals surface area contributed by atoms with Gasteiger partial charge in [-0.2, -0.15) is 5.10 Å². The van der Waals surface area contributed by atoms with Crippen molar-refractivity contribution in [2.45, 2.75) is 40.5 Å². The standard InChI is InChI=1S/C23H30N4O2S/c1-6-26-22(19-11-9-8-10-17(19)3)24-27(23(26)30)16-25(4)15-18-12-13-20(29-7-2)21(14-18)28-5/h8-14H,6-7,15-16H2,1-5H3. The van der Waals surface area contributed by atoms with E-state index in [2.05, 4.69) is 48.6 Å². The molecule has 0 aliphatic heterocycles. The normalized spacial score (nSPS) is 11.1. The summed E-state index contributed by atoms with van der Waals surface area (Å²) in [5.74, 6) is 2.42. The third-order valence-corrected chi connectivity index (χ3v) is 5.41. The first kappa shape index (κ1) is 22.1. The van der Waals surface area contributed by atoms with Gasteiger partial charge in [0.25, 0.3) is 0 Å². The van der Waals surface area contributed by atoms with Gasteiger partial charge < -0.3 is 14.0 Å². The molecular weight excluding hydrogens is 396 g/mol. The van der Waals surface area contributed by atoms with E-state index in [0.29, 0.717) is 13.3 Å². The zero-order chi connectivity index (χ0) is 21.7. The zero-order valence-corrected chi connectivity index (χ0v) is 19.2. The highest BCUT2D eigenvalue weighted by Crippen LogP contribution is 2.28. The maximum absolute atomic E-state index is 5.72. The molecule has 30 heavy (non-hydrogen) atoms. The fourth-order valence-corrected chi connectivity index (χ4v) is 3.83. The van der Waals surface area contributed by atoms with Crippen LogP contribution in [-0.2, 0) is 19.8 Å². The van der Waals surface area contributed by atoms with Crippen LogP contribution >= 0.6 is 12.2 Å². The summed E-state index contributed by atoms with van der Waals surface area (Å²) in [4.78, 5) is 2.18. The first-order chi connectivity index (χ1) is 14.5. The van der Waals surface area contributed by atoms with Crippen LogP contribution in [0.1, 0.15) is 25.0 Å². The molecule has 0 N–H and O–H groups in total. The van der Waals surface area contributed by atoms with Crippen molar-refractivity contribution in [3.05, 3.63) is 58.4 Å². The number of rotatable bonds is 9. The molecular formula is C23H30N4O2S. The maximum Gasteiger partial charge on any atom is 0.199 e. The fourth-order valence-electron chi connectivity index (χ4n) is 3.52. The van der Waals surface area contributed by atoms with Crippen LogP contribution in [0.15, 0.2) is 42.5 Å². The van der Waals surface area contributed by atoms with Crippen molar-refractivity contribution in [1.82, 2.24) is 19.2 Å². The lowest BCUT2D eigenvalue weighted by Gasteiger charge is -2.18. The summed E-state index contributed by atoms with van der Waals surface area (Å²) < 4.78 is 15.8. The molecule has 0 unspecified atom stereocenters. The van der Waals surface area contributed by atoms with E-state index < -0.39 is 0 Å². The first-order valence-electron chi connectivity index (χ1n) is 10.2. The van der Waals surface area contributed by atoms with Crippen molar-refractivity contribution in [3.63, 3.8) is 0 Å². The molecule has 0 spiro atoms. The van der Waals surface area contributed by atoms with E-state index in [4.69, 9.17) is 26.8 Å². The molecule has 2 aromatic carbocycles. The van der Waals surface area contributed by atoms with Crippen molar-refractivity contribution in [2.24, 2.45) is 0 Å². The predicted octanol–water partition coefficient (Wildman–Crippen LogP) is 4.91. The molecule has 0 saturated heterocycles. The zero-order valence-electron chi connectivity index (χ0n) is 18.4. The summed E-state index contributed by atoms with van der Waals surface area (Å²) in [5, 5.41) is 4.85. The lowest BCUT2D eigenvalue weighted by Crippen LogP contribution is -2.22. The minimum atomic E-state index is 0.597. The number of hydrogen-bond acceptors (Lipinski definition) is 5. The van der Waals surface area contributed by atoms with Crippen LogP contribution in [0.25, 0.3) is 11.4 Å². The first-order valence-corrected chi connectivity index (χ1v) is 10.6. The van der Waals surface area contributed by atoms with Gasteiger partial charge in [0.2, 0.25) is 0 Å². The van der Waals surface area contributed by atoms with E-state index in [1.807, 2.05) is 35.9 Å². The number of ether oxygens (including phenoxy) is 2. The minimum absolute atomic E-state index is 0.597. The molecule has 6 nitrogen and oxygen atoms in total. The fraction of sp³-hybridized carbons (Fsp3) is 0.391. The Morgan fingerprint density at radius 3 is 2.53 bits per heavy atom. The monoisotopic (exact) mass is 426 g/mol.